The molecule has 2 aromatic carbocycles. The predicted molar refractivity (Wildman–Crippen MR) is 107 cm³/mol. The van der Waals surface area contributed by atoms with Gasteiger partial charge in [-0.3, -0.25) is 9.59 Å². The molecule has 1 amide bonds. The summed E-state index contributed by atoms with van der Waals surface area (Å²) < 4.78 is 7.43. The Morgan fingerprint density at radius 2 is 1.89 bits per heavy atom. The van der Waals surface area contributed by atoms with E-state index in [0.717, 1.165) is 16.6 Å². The molecule has 1 aliphatic rings. The lowest BCUT2D eigenvalue weighted by Crippen LogP contribution is -2.42. The number of rotatable bonds is 4. The summed E-state index contributed by atoms with van der Waals surface area (Å²) in [6.45, 7) is 1.62. The second-order valence-corrected chi connectivity index (χ2v) is 7.02. The number of carbonyl (C=O) groups is 1. The van der Waals surface area contributed by atoms with Gasteiger partial charge in [0.2, 0.25) is 5.91 Å². The molecule has 144 valence electrons. The molecule has 4 rings (SSSR count). The first-order chi connectivity index (χ1) is 13.6. The lowest BCUT2D eigenvalue weighted by Gasteiger charge is -2.33. The van der Waals surface area contributed by atoms with Crippen molar-refractivity contribution in [3.63, 3.8) is 0 Å². The topological polar surface area (TPSA) is 64.4 Å². The van der Waals surface area contributed by atoms with Crippen LogP contribution >= 0.6 is 0 Å². The first-order valence-corrected chi connectivity index (χ1v) is 9.52. The third kappa shape index (κ3) is 3.68. The molecule has 0 bridgehead atoms. The smallest absolute Gasteiger partial charge is 0.272 e. The average Bonchev–Trinajstić information content (AvgIpc) is 2.76. The largest absolute Gasteiger partial charge is 0.370 e. The first-order valence-electron chi connectivity index (χ1n) is 9.52. The standard InChI is InChI=1S/C22H23N3O3/c1-24-19-10-6-5-9-17(19)23-18(22(24)27)11-12-21(26)25-13-14-28-20(15-25)16-7-3-2-4-8-16/h2-10,20H,11-15H2,1H3. The summed E-state index contributed by atoms with van der Waals surface area (Å²) in [6.07, 6.45) is 0.497. The molecule has 0 spiro atoms. The van der Waals surface area contributed by atoms with Crippen molar-refractivity contribution in [3.8, 4) is 0 Å². The number of morpholine rings is 1. The highest BCUT2D eigenvalue weighted by Gasteiger charge is 2.25. The number of hydrogen-bond acceptors (Lipinski definition) is 4. The SMILES string of the molecule is Cn1c(=O)c(CCC(=O)N2CCOC(c3ccccc3)C2)nc2ccccc21. The fourth-order valence-electron chi connectivity index (χ4n) is 3.63. The number of fused-ring (bicyclic) bond motifs is 1. The van der Waals surface area contributed by atoms with Crippen molar-refractivity contribution in [3.05, 3.63) is 76.2 Å². The zero-order valence-corrected chi connectivity index (χ0v) is 15.9. The Morgan fingerprint density at radius 3 is 2.71 bits per heavy atom. The Bertz CT molecular complexity index is 1050. The zero-order valence-electron chi connectivity index (χ0n) is 15.9. The third-order valence-corrected chi connectivity index (χ3v) is 5.22. The van der Waals surface area contributed by atoms with Gasteiger partial charge in [-0.05, 0) is 17.7 Å². The van der Waals surface area contributed by atoms with Crippen LogP contribution in [0.2, 0.25) is 0 Å². The van der Waals surface area contributed by atoms with Gasteiger partial charge in [-0.15, -0.1) is 0 Å². The van der Waals surface area contributed by atoms with Gasteiger partial charge in [0.25, 0.3) is 5.56 Å². The highest BCUT2D eigenvalue weighted by Crippen LogP contribution is 2.22. The summed E-state index contributed by atoms with van der Waals surface area (Å²) in [6, 6.07) is 17.5. The van der Waals surface area contributed by atoms with Crippen molar-refractivity contribution in [1.82, 2.24) is 14.5 Å². The maximum atomic E-state index is 12.7. The van der Waals surface area contributed by atoms with Gasteiger partial charge >= 0.3 is 0 Å². The van der Waals surface area contributed by atoms with E-state index in [1.807, 2.05) is 59.5 Å². The number of aromatic nitrogens is 2. The average molecular weight is 377 g/mol. The van der Waals surface area contributed by atoms with E-state index >= 15 is 0 Å². The van der Waals surface area contributed by atoms with Gasteiger partial charge in [0.15, 0.2) is 0 Å². The van der Waals surface area contributed by atoms with Crippen LogP contribution in [0.5, 0.6) is 0 Å². The molecule has 0 saturated carbocycles. The van der Waals surface area contributed by atoms with Crippen LogP contribution < -0.4 is 5.56 Å². The number of hydrogen-bond donors (Lipinski definition) is 0. The summed E-state index contributed by atoms with van der Waals surface area (Å²) in [5.74, 6) is 0.0289. The predicted octanol–water partition coefficient (Wildman–Crippen LogP) is 2.47. The number of ether oxygens (including phenoxy) is 1. The second-order valence-electron chi connectivity index (χ2n) is 7.02. The molecule has 28 heavy (non-hydrogen) atoms. The molecule has 1 unspecified atom stereocenters. The Morgan fingerprint density at radius 1 is 1.14 bits per heavy atom. The van der Waals surface area contributed by atoms with Crippen LogP contribution in [0.25, 0.3) is 11.0 Å². The van der Waals surface area contributed by atoms with Crippen LogP contribution in [-0.4, -0.2) is 40.1 Å². The van der Waals surface area contributed by atoms with Gasteiger partial charge < -0.3 is 14.2 Å². The van der Waals surface area contributed by atoms with Gasteiger partial charge in [0, 0.05) is 26.4 Å². The molecule has 1 aliphatic heterocycles. The van der Waals surface area contributed by atoms with Gasteiger partial charge in [-0.2, -0.15) is 0 Å². The van der Waals surface area contributed by atoms with Crippen molar-refractivity contribution in [2.24, 2.45) is 7.05 Å². The summed E-state index contributed by atoms with van der Waals surface area (Å²) in [5.41, 5.74) is 2.92. The molecular weight excluding hydrogens is 354 g/mol. The molecule has 0 N–H and O–H groups in total. The molecule has 1 atom stereocenters. The van der Waals surface area contributed by atoms with Gasteiger partial charge in [-0.1, -0.05) is 42.5 Å². The summed E-state index contributed by atoms with van der Waals surface area (Å²) >= 11 is 0. The summed E-state index contributed by atoms with van der Waals surface area (Å²) in [7, 11) is 1.74. The maximum absolute atomic E-state index is 12.7. The molecule has 6 nitrogen and oxygen atoms in total. The first kappa shape index (κ1) is 18.4. The summed E-state index contributed by atoms with van der Waals surface area (Å²) in [4.78, 5) is 31.6. The van der Waals surface area contributed by atoms with E-state index in [1.165, 1.54) is 0 Å². The third-order valence-electron chi connectivity index (χ3n) is 5.22. The van der Waals surface area contributed by atoms with Gasteiger partial charge in [-0.25, -0.2) is 4.98 Å². The number of amides is 1. The van der Waals surface area contributed by atoms with Crippen LogP contribution in [0.15, 0.2) is 59.4 Å². The minimum absolute atomic E-state index is 0.0289. The Hall–Kier alpha value is -2.99. The highest BCUT2D eigenvalue weighted by atomic mass is 16.5. The van der Waals surface area contributed by atoms with Crippen LogP contribution in [0.1, 0.15) is 23.8 Å². The fourth-order valence-corrected chi connectivity index (χ4v) is 3.63. The molecule has 6 heteroatoms. The molecule has 1 aromatic heterocycles. The zero-order chi connectivity index (χ0) is 19.5. The number of aryl methyl sites for hydroxylation is 2. The monoisotopic (exact) mass is 377 g/mol. The number of benzene rings is 2. The summed E-state index contributed by atoms with van der Waals surface area (Å²) in [5, 5.41) is 0. The van der Waals surface area contributed by atoms with Crippen LogP contribution in [0.4, 0.5) is 0 Å². The van der Waals surface area contributed by atoms with E-state index in [9.17, 15) is 9.59 Å². The quantitative estimate of drug-likeness (QED) is 0.701. The lowest BCUT2D eigenvalue weighted by molar-refractivity contribution is -0.139. The van der Waals surface area contributed by atoms with Crippen molar-refractivity contribution in [2.75, 3.05) is 19.7 Å². The minimum Gasteiger partial charge on any atom is -0.370 e. The Balaban J connectivity index is 1.45. The molecule has 1 fully saturated rings. The van der Waals surface area contributed by atoms with Gasteiger partial charge in [0.1, 0.15) is 11.8 Å². The highest BCUT2D eigenvalue weighted by molar-refractivity contribution is 5.77. The molecule has 2 heterocycles. The Kier molecular flexibility index (Phi) is 5.21. The van der Waals surface area contributed by atoms with Crippen LogP contribution in [0, 0.1) is 0 Å². The van der Waals surface area contributed by atoms with Crippen molar-refractivity contribution in [2.45, 2.75) is 18.9 Å². The van der Waals surface area contributed by atoms with Crippen molar-refractivity contribution in [1.29, 1.82) is 0 Å². The molecule has 3 aromatic rings. The second kappa shape index (κ2) is 7.94. The van der Waals surface area contributed by atoms with Crippen LogP contribution in [-0.2, 0) is 23.0 Å². The van der Waals surface area contributed by atoms with E-state index in [-0.39, 0.29) is 24.0 Å². The van der Waals surface area contributed by atoms with E-state index in [2.05, 4.69) is 4.98 Å². The van der Waals surface area contributed by atoms with Gasteiger partial charge in [0.05, 0.1) is 24.2 Å². The maximum Gasteiger partial charge on any atom is 0.272 e. The fraction of sp³-hybridized carbons (Fsp3) is 0.318. The number of para-hydroxylation sites is 2. The van der Waals surface area contributed by atoms with Crippen molar-refractivity contribution >= 4 is 16.9 Å². The van der Waals surface area contributed by atoms with Crippen LogP contribution in [0.3, 0.4) is 0 Å². The van der Waals surface area contributed by atoms with E-state index in [4.69, 9.17) is 4.74 Å². The van der Waals surface area contributed by atoms with Crippen molar-refractivity contribution < 1.29 is 9.53 Å². The van der Waals surface area contributed by atoms with E-state index in [1.54, 1.807) is 11.6 Å². The number of nitrogens with zero attached hydrogens (tertiary/aromatic N) is 3. The molecule has 0 aliphatic carbocycles. The Labute approximate surface area is 163 Å². The molecule has 0 radical (unpaired) electrons. The van der Waals surface area contributed by atoms with E-state index < -0.39 is 0 Å². The molecule has 1 saturated heterocycles. The lowest BCUT2D eigenvalue weighted by atomic mass is 10.1. The molecular formula is C22H23N3O3. The number of carbonyl (C=O) groups excluding carboxylic acids is 1. The minimum atomic E-state index is -0.143. The normalized spacial score (nSPS) is 17.0. The van der Waals surface area contributed by atoms with E-state index in [0.29, 0.717) is 31.8 Å².